The molecule has 4 rings (SSSR count). The van der Waals surface area contributed by atoms with Gasteiger partial charge in [0.1, 0.15) is 11.2 Å². The number of ether oxygens (including phenoxy) is 2. The molecular weight excluding hydrogens is 565 g/mol. The van der Waals surface area contributed by atoms with Gasteiger partial charge in [0, 0.05) is 47.5 Å². The summed E-state index contributed by atoms with van der Waals surface area (Å²) in [4.78, 5) is 30.3. The Labute approximate surface area is 262 Å². The fourth-order valence-electron chi connectivity index (χ4n) is 4.68. The molecule has 6 nitrogen and oxygen atoms in total. The third kappa shape index (κ3) is 13.3. The molecule has 2 aliphatic heterocycles. The highest BCUT2D eigenvalue weighted by Gasteiger charge is 2.28. The molecule has 0 aliphatic carbocycles. The minimum atomic E-state index is -0.406. The molecule has 0 bridgehead atoms. The first-order chi connectivity index (χ1) is 19.9. The first kappa shape index (κ1) is 34.2. The molecule has 0 atom stereocenters. The third-order valence-corrected chi connectivity index (χ3v) is 9.48. The number of nitrogens with zero attached hydrogens (tertiary/aromatic N) is 2. The van der Waals surface area contributed by atoms with Crippen LogP contribution in [0.1, 0.15) is 67.2 Å². The summed E-state index contributed by atoms with van der Waals surface area (Å²) >= 11 is 3.82. The van der Waals surface area contributed by atoms with Gasteiger partial charge >= 0.3 is 12.2 Å². The zero-order valence-electron chi connectivity index (χ0n) is 26.3. The maximum atomic E-state index is 12.0. The second-order valence-corrected chi connectivity index (χ2v) is 15.3. The van der Waals surface area contributed by atoms with Crippen LogP contribution >= 0.6 is 23.5 Å². The number of hydrogen-bond donors (Lipinski definition) is 0. The van der Waals surface area contributed by atoms with Gasteiger partial charge < -0.3 is 19.3 Å². The lowest BCUT2D eigenvalue weighted by Crippen LogP contribution is -2.42. The zero-order valence-corrected chi connectivity index (χ0v) is 28.0. The lowest BCUT2D eigenvalue weighted by molar-refractivity contribution is 0.0180. The normalized spacial score (nSPS) is 16.8. The zero-order chi connectivity index (χ0) is 30.6. The van der Waals surface area contributed by atoms with Gasteiger partial charge in [0.2, 0.25) is 0 Å². The van der Waals surface area contributed by atoms with Crippen LogP contribution in [0.25, 0.3) is 0 Å². The van der Waals surface area contributed by atoms with Crippen molar-refractivity contribution >= 4 is 35.7 Å². The van der Waals surface area contributed by atoms with Crippen molar-refractivity contribution in [1.29, 1.82) is 0 Å². The molecule has 0 radical (unpaired) electrons. The Morgan fingerprint density at radius 2 is 0.929 bits per heavy atom. The Balaban J connectivity index is 0.000000230. The van der Waals surface area contributed by atoms with Crippen molar-refractivity contribution in [3.05, 3.63) is 60.7 Å². The molecule has 2 heterocycles. The van der Waals surface area contributed by atoms with Gasteiger partial charge in [-0.15, -0.1) is 23.5 Å². The summed E-state index contributed by atoms with van der Waals surface area (Å²) in [6, 6.07) is 21.0. The average molecular weight is 615 g/mol. The minimum Gasteiger partial charge on any atom is -0.444 e. The Morgan fingerprint density at radius 1 is 0.619 bits per heavy atom. The average Bonchev–Trinajstić information content (AvgIpc) is 2.95. The van der Waals surface area contributed by atoms with Crippen molar-refractivity contribution in [3.63, 3.8) is 0 Å². The van der Waals surface area contributed by atoms with Crippen molar-refractivity contribution < 1.29 is 19.1 Å². The fraction of sp³-hybridized carbons (Fsp3) is 0.588. The quantitative estimate of drug-likeness (QED) is 0.303. The standard InChI is InChI=1S/2C17H25NO2S/c2*1-17(2,3)20-16(19)18-11-9-14(10-12-18)13-21-15-7-5-4-6-8-15/h2*4-8,14H,9-13H2,1-3H3. The Morgan fingerprint density at radius 3 is 1.21 bits per heavy atom. The van der Waals surface area contributed by atoms with Gasteiger partial charge in [0.05, 0.1) is 0 Å². The summed E-state index contributed by atoms with van der Waals surface area (Å²) < 4.78 is 10.8. The van der Waals surface area contributed by atoms with E-state index in [4.69, 9.17) is 9.47 Å². The van der Waals surface area contributed by atoms with Crippen molar-refractivity contribution in [2.24, 2.45) is 11.8 Å². The minimum absolute atomic E-state index is 0.170. The lowest BCUT2D eigenvalue weighted by atomic mass is 9.99. The lowest BCUT2D eigenvalue weighted by Gasteiger charge is -2.33. The number of carbonyl (C=O) groups excluding carboxylic acids is 2. The maximum Gasteiger partial charge on any atom is 0.410 e. The van der Waals surface area contributed by atoms with E-state index in [0.717, 1.165) is 63.4 Å². The summed E-state index contributed by atoms with van der Waals surface area (Å²) in [7, 11) is 0. The van der Waals surface area contributed by atoms with Crippen LogP contribution in [0.3, 0.4) is 0 Å². The number of carbonyl (C=O) groups is 2. The van der Waals surface area contributed by atoms with Gasteiger partial charge in [-0.25, -0.2) is 9.59 Å². The number of amides is 2. The smallest absolute Gasteiger partial charge is 0.410 e. The van der Waals surface area contributed by atoms with Crippen LogP contribution in [-0.4, -0.2) is 70.9 Å². The van der Waals surface area contributed by atoms with E-state index in [0.29, 0.717) is 11.8 Å². The number of piperidine rings is 2. The van der Waals surface area contributed by atoms with Gasteiger partial charge in [-0.3, -0.25) is 0 Å². The van der Waals surface area contributed by atoms with Crippen LogP contribution in [0.2, 0.25) is 0 Å². The molecule has 0 spiro atoms. The molecule has 42 heavy (non-hydrogen) atoms. The number of rotatable bonds is 6. The molecule has 2 saturated heterocycles. The van der Waals surface area contributed by atoms with E-state index >= 15 is 0 Å². The predicted molar refractivity (Wildman–Crippen MR) is 175 cm³/mol. The summed E-state index contributed by atoms with van der Waals surface area (Å²) in [5, 5.41) is 0. The second kappa shape index (κ2) is 16.5. The number of hydrogen-bond acceptors (Lipinski definition) is 6. The molecule has 2 amide bonds. The summed E-state index contributed by atoms with van der Waals surface area (Å²) in [6.07, 6.45) is 3.93. The Hall–Kier alpha value is -2.32. The number of likely N-dealkylation sites (tertiary alicyclic amines) is 2. The van der Waals surface area contributed by atoms with Gasteiger partial charge in [-0.1, -0.05) is 36.4 Å². The molecule has 2 aromatic rings. The Bertz CT molecular complexity index is 983. The summed E-state index contributed by atoms with van der Waals surface area (Å²) in [5.41, 5.74) is -0.811. The van der Waals surface area contributed by atoms with Gasteiger partial charge in [0.15, 0.2) is 0 Å². The third-order valence-electron chi connectivity index (χ3n) is 6.99. The van der Waals surface area contributed by atoms with Gasteiger partial charge in [0.25, 0.3) is 0 Å². The van der Waals surface area contributed by atoms with Crippen LogP contribution in [-0.2, 0) is 9.47 Å². The monoisotopic (exact) mass is 614 g/mol. The van der Waals surface area contributed by atoms with Crippen molar-refractivity contribution in [1.82, 2.24) is 9.80 Å². The molecular formula is C34H50N2O4S2. The Kier molecular flexibility index (Phi) is 13.4. The van der Waals surface area contributed by atoms with Crippen LogP contribution in [0.5, 0.6) is 0 Å². The van der Waals surface area contributed by atoms with Crippen molar-refractivity contribution in [2.75, 3.05) is 37.7 Å². The van der Waals surface area contributed by atoms with Gasteiger partial charge in [-0.05, 0) is 103 Å². The fourth-order valence-corrected chi connectivity index (χ4v) is 6.90. The van der Waals surface area contributed by atoms with Crippen molar-refractivity contribution in [2.45, 2.75) is 88.2 Å². The van der Waals surface area contributed by atoms with Crippen LogP contribution in [0.4, 0.5) is 9.59 Å². The summed E-state index contributed by atoms with van der Waals surface area (Å²) in [5.74, 6) is 3.64. The predicted octanol–water partition coefficient (Wildman–Crippen LogP) is 8.85. The van der Waals surface area contributed by atoms with Crippen LogP contribution < -0.4 is 0 Å². The molecule has 0 unspecified atom stereocenters. The largest absolute Gasteiger partial charge is 0.444 e. The van der Waals surface area contributed by atoms with E-state index in [-0.39, 0.29) is 12.2 Å². The summed E-state index contributed by atoms with van der Waals surface area (Å²) in [6.45, 7) is 14.7. The maximum absolute atomic E-state index is 12.0. The van der Waals surface area contributed by atoms with Gasteiger partial charge in [-0.2, -0.15) is 0 Å². The number of thioether (sulfide) groups is 2. The highest BCUT2D eigenvalue weighted by Crippen LogP contribution is 2.28. The van der Waals surface area contributed by atoms with Crippen LogP contribution in [0.15, 0.2) is 70.5 Å². The molecule has 2 aliphatic rings. The molecule has 2 aromatic carbocycles. The van der Waals surface area contributed by atoms with E-state index in [1.54, 1.807) is 0 Å². The topological polar surface area (TPSA) is 59.1 Å². The second-order valence-electron chi connectivity index (χ2n) is 13.1. The molecule has 0 saturated carbocycles. The van der Waals surface area contributed by atoms with E-state index in [1.807, 2.05) is 87.0 Å². The first-order valence-corrected chi connectivity index (χ1v) is 17.2. The van der Waals surface area contributed by atoms with Crippen LogP contribution in [0, 0.1) is 11.8 Å². The van der Waals surface area contributed by atoms with Crippen molar-refractivity contribution in [3.8, 4) is 0 Å². The molecule has 0 aromatic heterocycles. The van der Waals surface area contributed by atoms with E-state index in [2.05, 4.69) is 48.5 Å². The highest BCUT2D eigenvalue weighted by molar-refractivity contribution is 7.99. The molecule has 2 fully saturated rings. The van der Waals surface area contributed by atoms with E-state index < -0.39 is 11.2 Å². The number of benzene rings is 2. The van der Waals surface area contributed by atoms with E-state index in [1.165, 1.54) is 9.79 Å². The molecule has 8 heteroatoms. The SMILES string of the molecule is CC(C)(C)OC(=O)N1CCC(CSc2ccccc2)CC1.CC(C)(C)OC(=O)N1CCC(CSc2ccccc2)CC1. The first-order valence-electron chi connectivity index (χ1n) is 15.2. The molecule has 0 N–H and O–H groups in total. The van der Waals surface area contributed by atoms with E-state index in [9.17, 15) is 9.59 Å². The highest BCUT2D eigenvalue weighted by atomic mass is 32.2. The molecule has 232 valence electrons.